The van der Waals surface area contributed by atoms with Crippen molar-refractivity contribution in [1.82, 2.24) is 5.32 Å². The van der Waals surface area contributed by atoms with Crippen molar-refractivity contribution >= 4 is 11.9 Å². The first kappa shape index (κ1) is 16.0. The molecular weight excluding hydrogens is 258 g/mol. The molecule has 0 aromatic heterocycles. The average Bonchev–Trinajstić information content (AvgIpc) is 2.36. The highest BCUT2D eigenvalue weighted by atomic mass is 16.5. The molecule has 1 rings (SSSR count). The summed E-state index contributed by atoms with van der Waals surface area (Å²) in [6.07, 6.45) is 0. The molecule has 1 amide bonds. The summed E-state index contributed by atoms with van der Waals surface area (Å²) in [5, 5.41) is 11.2. The third-order valence-corrected chi connectivity index (χ3v) is 2.92. The molecule has 0 spiro atoms. The molecule has 5 heteroatoms. The normalized spacial score (nSPS) is 12.6. The van der Waals surface area contributed by atoms with Crippen molar-refractivity contribution in [2.75, 3.05) is 6.61 Å². The molecule has 5 nitrogen and oxygen atoms in total. The van der Waals surface area contributed by atoms with Gasteiger partial charge >= 0.3 is 5.97 Å². The zero-order chi connectivity index (χ0) is 15.3. The van der Waals surface area contributed by atoms with Gasteiger partial charge in [0.25, 0.3) is 0 Å². The second kappa shape index (κ2) is 6.41. The van der Waals surface area contributed by atoms with E-state index in [1.807, 2.05) is 31.2 Å². The fourth-order valence-corrected chi connectivity index (χ4v) is 1.49. The van der Waals surface area contributed by atoms with Crippen molar-refractivity contribution in [2.24, 2.45) is 5.41 Å². The van der Waals surface area contributed by atoms with Gasteiger partial charge in [0, 0.05) is 0 Å². The topological polar surface area (TPSA) is 75.6 Å². The smallest absolute Gasteiger partial charge is 0.325 e. The molecular formula is C15H21NO4. The Hall–Kier alpha value is -2.04. The number of carboxylic acid groups (broad SMARTS) is 1. The van der Waals surface area contributed by atoms with Crippen LogP contribution in [-0.4, -0.2) is 29.6 Å². The monoisotopic (exact) mass is 279 g/mol. The van der Waals surface area contributed by atoms with Gasteiger partial charge in [0.05, 0.1) is 5.41 Å². The summed E-state index contributed by atoms with van der Waals surface area (Å²) >= 11 is 0. The van der Waals surface area contributed by atoms with Crippen LogP contribution in [0.1, 0.15) is 26.3 Å². The van der Waals surface area contributed by atoms with Crippen molar-refractivity contribution in [3.05, 3.63) is 29.8 Å². The van der Waals surface area contributed by atoms with Crippen LogP contribution < -0.4 is 10.1 Å². The van der Waals surface area contributed by atoms with Crippen molar-refractivity contribution in [3.8, 4) is 5.75 Å². The quantitative estimate of drug-likeness (QED) is 0.835. The molecule has 0 aliphatic carbocycles. The molecule has 0 bridgehead atoms. The van der Waals surface area contributed by atoms with Crippen LogP contribution in [0.15, 0.2) is 24.3 Å². The summed E-state index contributed by atoms with van der Waals surface area (Å²) in [6.45, 7) is 6.99. The summed E-state index contributed by atoms with van der Waals surface area (Å²) < 4.78 is 5.61. The Bertz CT molecular complexity index is 496. The van der Waals surface area contributed by atoms with Gasteiger partial charge in [-0.05, 0) is 45.4 Å². The van der Waals surface area contributed by atoms with E-state index in [1.165, 1.54) is 6.92 Å². The highest BCUT2D eigenvalue weighted by molar-refractivity contribution is 5.86. The van der Waals surface area contributed by atoms with Crippen LogP contribution in [0.4, 0.5) is 0 Å². The van der Waals surface area contributed by atoms with Gasteiger partial charge in [0.1, 0.15) is 18.4 Å². The molecule has 0 heterocycles. The number of aryl methyl sites for hydroxylation is 1. The predicted octanol–water partition coefficient (Wildman–Crippen LogP) is 1.99. The van der Waals surface area contributed by atoms with Gasteiger partial charge in [-0.15, -0.1) is 0 Å². The van der Waals surface area contributed by atoms with Crippen molar-refractivity contribution in [2.45, 2.75) is 33.7 Å². The van der Waals surface area contributed by atoms with E-state index in [4.69, 9.17) is 9.84 Å². The summed E-state index contributed by atoms with van der Waals surface area (Å²) in [5.74, 6) is -0.717. The molecule has 0 aliphatic rings. The number of aliphatic carboxylic acids is 1. The fraction of sp³-hybridized carbons (Fsp3) is 0.467. The van der Waals surface area contributed by atoms with E-state index < -0.39 is 17.4 Å². The zero-order valence-electron chi connectivity index (χ0n) is 12.3. The lowest BCUT2D eigenvalue weighted by atomic mass is 9.93. The number of carboxylic acids is 1. The molecule has 20 heavy (non-hydrogen) atoms. The van der Waals surface area contributed by atoms with E-state index in [0.717, 1.165) is 5.56 Å². The van der Waals surface area contributed by atoms with E-state index in [1.54, 1.807) is 13.8 Å². The summed E-state index contributed by atoms with van der Waals surface area (Å²) in [7, 11) is 0. The van der Waals surface area contributed by atoms with Gasteiger partial charge in [-0.2, -0.15) is 0 Å². The van der Waals surface area contributed by atoms with E-state index >= 15 is 0 Å². The lowest BCUT2D eigenvalue weighted by Crippen LogP contribution is -2.47. The summed E-state index contributed by atoms with van der Waals surface area (Å²) in [6, 6.07) is 6.62. The molecule has 1 atom stereocenters. The standard InChI is InChI=1S/C15H21NO4/c1-10-6-5-7-12(8-10)20-9-15(3,4)14(19)16-11(2)13(17)18/h5-8,11H,9H2,1-4H3,(H,16,19)(H,17,18). The number of carbonyl (C=O) groups is 2. The third kappa shape index (κ3) is 4.57. The van der Waals surface area contributed by atoms with Crippen LogP contribution in [0.3, 0.4) is 0 Å². The molecule has 0 saturated heterocycles. The van der Waals surface area contributed by atoms with Crippen LogP contribution in [0.5, 0.6) is 5.75 Å². The highest BCUT2D eigenvalue weighted by Crippen LogP contribution is 2.20. The lowest BCUT2D eigenvalue weighted by Gasteiger charge is -2.25. The second-order valence-corrected chi connectivity index (χ2v) is 5.52. The Labute approximate surface area is 118 Å². The molecule has 0 radical (unpaired) electrons. The Morgan fingerprint density at radius 1 is 1.40 bits per heavy atom. The van der Waals surface area contributed by atoms with Gasteiger partial charge in [0.2, 0.25) is 5.91 Å². The maximum absolute atomic E-state index is 12.0. The number of amides is 1. The van der Waals surface area contributed by atoms with E-state index in [0.29, 0.717) is 5.75 Å². The second-order valence-electron chi connectivity index (χ2n) is 5.52. The maximum Gasteiger partial charge on any atom is 0.325 e. The first-order valence-electron chi connectivity index (χ1n) is 6.45. The molecule has 0 fully saturated rings. The van der Waals surface area contributed by atoms with Crippen LogP contribution in [-0.2, 0) is 9.59 Å². The molecule has 110 valence electrons. The van der Waals surface area contributed by atoms with Crippen molar-refractivity contribution < 1.29 is 19.4 Å². The number of rotatable bonds is 6. The van der Waals surface area contributed by atoms with Gasteiger partial charge in [-0.25, -0.2) is 0 Å². The predicted molar refractivity (Wildman–Crippen MR) is 75.7 cm³/mol. The van der Waals surface area contributed by atoms with E-state index in [-0.39, 0.29) is 12.5 Å². The number of carbonyl (C=O) groups excluding carboxylic acids is 1. The minimum absolute atomic E-state index is 0.175. The number of hydrogen-bond donors (Lipinski definition) is 2. The summed E-state index contributed by atoms with van der Waals surface area (Å²) in [5.41, 5.74) is 0.261. The van der Waals surface area contributed by atoms with Gasteiger partial charge in [-0.1, -0.05) is 12.1 Å². The van der Waals surface area contributed by atoms with Crippen LogP contribution in [0, 0.1) is 12.3 Å². The first-order valence-corrected chi connectivity index (χ1v) is 6.45. The van der Waals surface area contributed by atoms with Crippen LogP contribution in [0.2, 0.25) is 0 Å². The number of ether oxygens (including phenoxy) is 1. The SMILES string of the molecule is Cc1cccc(OCC(C)(C)C(=O)NC(C)C(=O)O)c1. The first-order chi connectivity index (χ1) is 9.22. The van der Waals surface area contributed by atoms with Crippen LogP contribution in [0.25, 0.3) is 0 Å². The van der Waals surface area contributed by atoms with Gasteiger partial charge in [0.15, 0.2) is 0 Å². The van der Waals surface area contributed by atoms with E-state index in [9.17, 15) is 9.59 Å². The minimum atomic E-state index is -1.06. The van der Waals surface area contributed by atoms with Crippen LogP contribution >= 0.6 is 0 Å². The van der Waals surface area contributed by atoms with Gasteiger partial charge in [-0.3, -0.25) is 9.59 Å². The Kier molecular flexibility index (Phi) is 5.13. The van der Waals surface area contributed by atoms with Crippen molar-refractivity contribution in [3.63, 3.8) is 0 Å². The highest BCUT2D eigenvalue weighted by Gasteiger charge is 2.30. The Morgan fingerprint density at radius 2 is 2.05 bits per heavy atom. The fourth-order valence-electron chi connectivity index (χ4n) is 1.49. The Morgan fingerprint density at radius 3 is 2.60 bits per heavy atom. The number of hydrogen-bond acceptors (Lipinski definition) is 3. The van der Waals surface area contributed by atoms with Crippen molar-refractivity contribution in [1.29, 1.82) is 0 Å². The molecule has 1 aromatic rings. The molecule has 0 saturated carbocycles. The Balaban J connectivity index is 2.60. The lowest BCUT2D eigenvalue weighted by molar-refractivity contribution is -0.143. The summed E-state index contributed by atoms with van der Waals surface area (Å²) in [4.78, 5) is 22.7. The number of benzene rings is 1. The molecule has 2 N–H and O–H groups in total. The van der Waals surface area contributed by atoms with Gasteiger partial charge < -0.3 is 15.2 Å². The maximum atomic E-state index is 12.0. The van der Waals surface area contributed by atoms with E-state index in [2.05, 4.69) is 5.32 Å². The number of nitrogens with one attached hydrogen (secondary N) is 1. The molecule has 1 unspecified atom stereocenters. The molecule has 1 aromatic carbocycles. The molecule has 0 aliphatic heterocycles. The third-order valence-electron chi connectivity index (χ3n) is 2.92. The minimum Gasteiger partial charge on any atom is -0.492 e. The largest absolute Gasteiger partial charge is 0.492 e. The average molecular weight is 279 g/mol. The zero-order valence-corrected chi connectivity index (χ0v) is 12.3.